The summed E-state index contributed by atoms with van der Waals surface area (Å²) in [5.74, 6) is 2.40. The van der Waals surface area contributed by atoms with Crippen molar-refractivity contribution in [3.63, 3.8) is 0 Å². The predicted molar refractivity (Wildman–Crippen MR) is 155 cm³/mol. The Hall–Kier alpha value is -2.32. The molecule has 0 saturated heterocycles. The van der Waals surface area contributed by atoms with Crippen LogP contribution in [0.2, 0.25) is 0 Å². The van der Waals surface area contributed by atoms with Gasteiger partial charge >= 0.3 is 11.9 Å². The first-order chi connectivity index (χ1) is 17.9. The van der Waals surface area contributed by atoms with Gasteiger partial charge in [0.1, 0.15) is 11.5 Å². The predicted octanol–water partition coefficient (Wildman–Crippen LogP) is 6.09. The molecule has 0 aliphatic rings. The third-order valence-corrected chi connectivity index (χ3v) is 9.41. The highest BCUT2D eigenvalue weighted by molar-refractivity contribution is 7.88. The van der Waals surface area contributed by atoms with E-state index in [-0.39, 0.29) is 22.8 Å². The lowest BCUT2D eigenvalue weighted by Crippen LogP contribution is -2.22. The fourth-order valence-electron chi connectivity index (χ4n) is 3.64. The van der Waals surface area contributed by atoms with Crippen LogP contribution >= 0.6 is 0 Å². The van der Waals surface area contributed by atoms with Crippen LogP contribution in [0.5, 0.6) is 11.5 Å². The first-order valence-corrected chi connectivity index (χ1v) is 16.1. The topological polar surface area (TPSA) is 86.7 Å². The largest absolute Gasteiger partial charge is 0.427 e. The Bertz CT molecular complexity index is 965. The normalized spacial score (nSPS) is 13.5. The number of hydrogen-bond acceptors (Lipinski definition) is 6. The van der Waals surface area contributed by atoms with Gasteiger partial charge in [-0.25, -0.2) is 0 Å². The van der Waals surface area contributed by atoms with E-state index in [0.717, 1.165) is 12.8 Å². The maximum absolute atomic E-state index is 12.5. The van der Waals surface area contributed by atoms with Gasteiger partial charge in [-0.2, -0.15) is 0 Å². The maximum atomic E-state index is 12.5. The Labute approximate surface area is 232 Å². The number of hydrogen-bond donors (Lipinski definition) is 0. The number of carbonyl (C=O) groups excluding carboxylic acids is 2. The van der Waals surface area contributed by atoms with E-state index in [0.29, 0.717) is 60.2 Å². The van der Waals surface area contributed by atoms with Crippen LogP contribution < -0.4 is 9.47 Å². The summed E-state index contributed by atoms with van der Waals surface area (Å²) in [7, 11) is -2.11. The molecule has 2 atom stereocenters. The molecule has 2 aromatic carbocycles. The van der Waals surface area contributed by atoms with Crippen LogP contribution in [-0.2, 0) is 31.2 Å². The summed E-state index contributed by atoms with van der Waals surface area (Å²) < 4.78 is 35.8. The molecule has 2 aromatic rings. The Kier molecular flexibility index (Phi) is 13.4. The lowest BCUT2D eigenvalue weighted by molar-refractivity contribution is -0.135. The fraction of sp³-hybridized carbons (Fsp3) is 0.533. The van der Waals surface area contributed by atoms with Crippen molar-refractivity contribution < 1.29 is 27.5 Å². The average Bonchev–Trinajstić information content (AvgIpc) is 2.89. The van der Waals surface area contributed by atoms with Crippen molar-refractivity contribution in [2.75, 3.05) is 23.0 Å². The zero-order valence-electron chi connectivity index (χ0n) is 23.1. The van der Waals surface area contributed by atoms with Crippen molar-refractivity contribution in [2.45, 2.75) is 66.2 Å². The Morgan fingerprint density at radius 2 is 0.921 bits per heavy atom. The molecule has 0 aromatic heterocycles. The second-order valence-electron chi connectivity index (χ2n) is 11.1. The number of ether oxygens (including phenoxy) is 2. The highest BCUT2D eigenvalue weighted by Crippen LogP contribution is 2.29. The molecule has 0 N–H and O–H groups in total. The molecule has 210 valence electrons. The summed E-state index contributed by atoms with van der Waals surface area (Å²) in [4.78, 5) is 24.2. The van der Waals surface area contributed by atoms with E-state index in [1.54, 1.807) is 24.3 Å². The average molecular weight is 563 g/mol. The minimum atomic E-state index is -1.06. The van der Waals surface area contributed by atoms with Crippen molar-refractivity contribution in [1.82, 2.24) is 0 Å². The van der Waals surface area contributed by atoms with Crippen LogP contribution in [0.1, 0.15) is 66.2 Å². The molecular formula is C30H42O6S2. The maximum Gasteiger partial charge on any atom is 0.311 e. The smallest absolute Gasteiger partial charge is 0.311 e. The van der Waals surface area contributed by atoms with Gasteiger partial charge in [0.05, 0.1) is 0 Å². The van der Waals surface area contributed by atoms with E-state index in [1.165, 1.54) is 0 Å². The second-order valence-corrected chi connectivity index (χ2v) is 14.5. The molecule has 2 rings (SSSR count). The van der Waals surface area contributed by atoms with Gasteiger partial charge in [-0.3, -0.25) is 18.0 Å². The molecule has 0 aliphatic carbocycles. The zero-order chi connectivity index (χ0) is 28.0. The summed E-state index contributed by atoms with van der Waals surface area (Å²) in [5.41, 5.74) is -0.285. The number of esters is 2. The quantitative estimate of drug-likeness (QED) is 0.171. The molecule has 0 spiro atoms. The molecule has 0 aliphatic heterocycles. The van der Waals surface area contributed by atoms with Gasteiger partial charge in [0.15, 0.2) is 0 Å². The summed E-state index contributed by atoms with van der Waals surface area (Å²) in [6.45, 7) is 8.26. The monoisotopic (exact) mass is 562 g/mol. The van der Waals surface area contributed by atoms with E-state index < -0.39 is 21.6 Å². The van der Waals surface area contributed by atoms with Crippen LogP contribution in [0, 0.1) is 10.8 Å². The molecule has 2 unspecified atom stereocenters. The first-order valence-electron chi connectivity index (χ1n) is 13.2. The van der Waals surface area contributed by atoms with Gasteiger partial charge in [0, 0.05) is 57.5 Å². The van der Waals surface area contributed by atoms with Crippen LogP contribution in [0.4, 0.5) is 0 Å². The van der Waals surface area contributed by atoms with Gasteiger partial charge in [0.25, 0.3) is 0 Å². The number of benzene rings is 2. The SMILES string of the molecule is CC(C)(CCC(=O)Oc1ccccc1)CCS(=O)CCS(=O)CCC(C)(C)CCC(=O)Oc1ccccc1. The number of carbonyl (C=O) groups is 2. The van der Waals surface area contributed by atoms with Crippen molar-refractivity contribution in [3.8, 4) is 11.5 Å². The summed E-state index contributed by atoms with van der Waals surface area (Å²) >= 11 is 0. The van der Waals surface area contributed by atoms with E-state index in [1.807, 2.05) is 36.4 Å². The van der Waals surface area contributed by atoms with Gasteiger partial charge in [0.2, 0.25) is 0 Å². The third kappa shape index (κ3) is 14.0. The molecule has 0 bridgehead atoms. The fourth-order valence-corrected chi connectivity index (χ4v) is 7.10. The number of rotatable bonds is 17. The molecule has 6 nitrogen and oxygen atoms in total. The number of para-hydroxylation sites is 2. The zero-order valence-corrected chi connectivity index (χ0v) is 24.7. The second kappa shape index (κ2) is 15.9. The van der Waals surface area contributed by atoms with Crippen molar-refractivity contribution >= 4 is 33.5 Å². The first kappa shape index (κ1) is 31.9. The minimum absolute atomic E-state index is 0.143. The summed E-state index contributed by atoms with van der Waals surface area (Å²) in [5, 5.41) is 0. The lowest BCUT2D eigenvalue weighted by Gasteiger charge is -2.24. The van der Waals surface area contributed by atoms with Crippen LogP contribution in [0.3, 0.4) is 0 Å². The van der Waals surface area contributed by atoms with Crippen molar-refractivity contribution in [2.24, 2.45) is 10.8 Å². The van der Waals surface area contributed by atoms with Gasteiger partial charge in [-0.1, -0.05) is 64.1 Å². The van der Waals surface area contributed by atoms with Gasteiger partial charge < -0.3 is 9.47 Å². The molecule has 8 heteroatoms. The Balaban J connectivity index is 1.60. The van der Waals surface area contributed by atoms with E-state index in [9.17, 15) is 18.0 Å². The Morgan fingerprint density at radius 1 is 0.579 bits per heavy atom. The van der Waals surface area contributed by atoms with Crippen LogP contribution in [-0.4, -0.2) is 43.4 Å². The molecule has 38 heavy (non-hydrogen) atoms. The highest BCUT2D eigenvalue weighted by atomic mass is 32.2. The van der Waals surface area contributed by atoms with Crippen molar-refractivity contribution in [3.05, 3.63) is 60.7 Å². The lowest BCUT2D eigenvalue weighted by atomic mass is 9.85. The molecule has 0 fully saturated rings. The van der Waals surface area contributed by atoms with Crippen molar-refractivity contribution in [1.29, 1.82) is 0 Å². The summed E-state index contributed by atoms with van der Waals surface area (Å²) in [6, 6.07) is 18.0. The molecule has 0 radical (unpaired) electrons. The van der Waals surface area contributed by atoms with Gasteiger partial charge in [-0.05, 0) is 60.8 Å². The molecular weight excluding hydrogens is 520 g/mol. The third-order valence-electron chi connectivity index (χ3n) is 6.51. The standard InChI is InChI=1S/C30H42O6S2/c1-29(2,17-15-27(31)35-25-11-7-5-8-12-25)19-21-37(33)23-24-38(34)22-20-30(3,4)18-16-28(32)36-26-13-9-6-10-14-26/h5-14H,15-24H2,1-4H3. The van der Waals surface area contributed by atoms with Crippen LogP contribution in [0.15, 0.2) is 60.7 Å². The highest BCUT2D eigenvalue weighted by Gasteiger charge is 2.23. The summed E-state index contributed by atoms with van der Waals surface area (Å²) in [6.07, 6.45) is 3.34. The minimum Gasteiger partial charge on any atom is -0.427 e. The van der Waals surface area contributed by atoms with E-state index in [4.69, 9.17) is 9.47 Å². The molecule has 0 saturated carbocycles. The van der Waals surface area contributed by atoms with E-state index in [2.05, 4.69) is 27.7 Å². The van der Waals surface area contributed by atoms with Gasteiger partial charge in [-0.15, -0.1) is 0 Å². The Morgan fingerprint density at radius 3 is 1.26 bits per heavy atom. The van der Waals surface area contributed by atoms with Crippen LogP contribution in [0.25, 0.3) is 0 Å². The molecule has 0 amide bonds. The molecule has 0 heterocycles. The van der Waals surface area contributed by atoms with E-state index >= 15 is 0 Å².